The van der Waals surface area contributed by atoms with E-state index in [1.165, 1.54) is 0 Å². The predicted molar refractivity (Wildman–Crippen MR) is 210 cm³/mol. The van der Waals surface area contributed by atoms with Crippen LogP contribution in [0.3, 0.4) is 0 Å². The molecule has 328 valence electrons. The molecule has 0 heterocycles. The summed E-state index contributed by atoms with van der Waals surface area (Å²) in [4.78, 5) is 95.3. The average Bonchev–Trinajstić information content (AvgIpc) is 3.21. The predicted octanol–water partition coefficient (Wildman–Crippen LogP) is 3.76. The Morgan fingerprint density at radius 2 is 0.621 bits per heavy atom. The Labute approximate surface area is 340 Å². The molecule has 0 aromatic carbocycles. The highest BCUT2D eigenvalue weighted by molar-refractivity contribution is 5.93. The Hall–Kier alpha value is -5.82. The van der Waals surface area contributed by atoms with Crippen molar-refractivity contribution in [2.24, 2.45) is 0 Å². The van der Waals surface area contributed by atoms with Crippen LogP contribution in [-0.4, -0.2) is 132 Å². The summed E-state index contributed by atoms with van der Waals surface area (Å²) in [7, 11) is 0. The molecular formula is C38H62N6O14. The molecule has 0 radical (unpaired) electrons. The first-order valence-corrected chi connectivity index (χ1v) is 19.5. The van der Waals surface area contributed by atoms with Gasteiger partial charge in [-0.3, -0.25) is 0 Å². The fourth-order valence-corrected chi connectivity index (χ4v) is 4.56. The number of urea groups is 2. The molecule has 0 aliphatic rings. The van der Waals surface area contributed by atoms with Crippen LogP contribution in [0.2, 0.25) is 0 Å². The van der Waals surface area contributed by atoms with E-state index in [0.717, 1.165) is 55.2 Å². The van der Waals surface area contributed by atoms with Crippen molar-refractivity contribution in [3.05, 3.63) is 38.0 Å². The van der Waals surface area contributed by atoms with E-state index < -0.39 is 48.2 Å². The fraction of sp³-hybridized carbons (Fsp3) is 0.632. The highest BCUT2D eigenvalue weighted by Gasteiger charge is 2.20. The highest BCUT2D eigenvalue weighted by atomic mass is 16.6. The van der Waals surface area contributed by atoms with E-state index in [9.17, 15) is 38.4 Å². The van der Waals surface area contributed by atoms with E-state index in [2.05, 4.69) is 46.3 Å². The standard InChI is InChI=1S/C38H62N6O14/c1-4-31(45)53-25-28-56-36(50)41-21-15-9-7-13-19-39-34(48)44(24-18-12-11-17-23-43-38(52)58-30-27-55-33(47)6-3)35(49)40-20-14-8-10-16-22-42-37(51)57-29-26-54-32(46)5-2/h4-6H,1-3,7-30H2,(H,39,48)(H,40,49)(H,41,50)(H,42,51)(H,43,52). The Morgan fingerprint density at radius 3 is 0.914 bits per heavy atom. The Morgan fingerprint density at radius 1 is 0.362 bits per heavy atom. The first-order valence-electron chi connectivity index (χ1n) is 19.5. The van der Waals surface area contributed by atoms with Gasteiger partial charge >= 0.3 is 48.2 Å². The van der Waals surface area contributed by atoms with Crippen molar-refractivity contribution in [2.75, 3.05) is 78.9 Å². The third-order valence-electron chi connectivity index (χ3n) is 7.55. The lowest BCUT2D eigenvalue weighted by molar-refractivity contribution is -0.139. The van der Waals surface area contributed by atoms with Gasteiger partial charge in [-0.05, 0) is 38.5 Å². The molecule has 0 rings (SSSR count). The van der Waals surface area contributed by atoms with Gasteiger partial charge in [0.15, 0.2) is 0 Å². The van der Waals surface area contributed by atoms with E-state index in [-0.39, 0.29) is 46.2 Å². The van der Waals surface area contributed by atoms with Crippen molar-refractivity contribution in [3.8, 4) is 0 Å². The summed E-state index contributed by atoms with van der Waals surface area (Å²) in [6, 6.07) is -1.03. The van der Waals surface area contributed by atoms with Crippen LogP contribution in [0.25, 0.3) is 0 Å². The van der Waals surface area contributed by atoms with Crippen LogP contribution in [0.15, 0.2) is 38.0 Å². The number of rotatable bonds is 33. The zero-order chi connectivity index (χ0) is 43.1. The molecule has 0 saturated heterocycles. The van der Waals surface area contributed by atoms with Crippen LogP contribution in [0.1, 0.15) is 77.0 Å². The average molecular weight is 827 g/mol. The number of amides is 7. The number of carbonyl (C=O) groups excluding carboxylic acids is 8. The SMILES string of the molecule is C=CC(=O)OCCOC(=O)NCCCCCCNC(=O)N(CCCCCCNC(=O)OCCOC(=O)C=C)C(=O)NCCCCCCNC(=O)OCCOC(=O)C=C. The van der Waals surface area contributed by atoms with Gasteiger partial charge in [0.25, 0.3) is 0 Å². The zero-order valence-corrected chi connectivity index (χ0v) is 33.5. The van der Waals surface area contributed by atoms with Gasteiger partial charge in [-0.25, -0.2) is 43.3 Å². The van der Waals surface area contributed by atoms with Gasteiger partial charge < -0.3 is 55.0 Å². The van der Waals surface area contributed by atoms with Crippen LogP contribution in [-0.2, 0) is 42.8 Å². The minimum atomic E-state index is -0.633. The molecular weight excluding hydrogens is 764 g/mol. The smallest absolute Gasteiger partial charge is 0.407 e. The zero-order valence-electron chi connectivity index (χ0n) is 33.5. The summed E-state index contributed by atoms with van der Waals surface area (Å²) < 4.78 is 28.9. The molecule has 20 nitrogen and oxygen atoms in total. The molecule has 0 saturated carbocycles. The summed E-state index contributed by atoms with van der Waals surface area (Å²) in [5, 5.41) is 13.4. The van der Waals surface area contributed by atoms with Crippen molar-refractivity contribution in [3.63, 3.8) is 0 Å². The van der Waals surface area contributed by atoms with E-state index >= 15 is 0 Å². The molecule has 20 heteroatoms. The summed E-state index contributed by atoms with van der Waals surface area (Å²) >= 11 is 0. The quantitative estimate of drug-likeness (QED) is 0.0274. The summed E-state index contributed by atoms with van der Waals surface area (Å²) in [6.45, 7) is 11.4. The van der Waals surface area contributed by atoms with Gasteiger partial charge in [-0.15, -0.1) is 0 Å². The van der Waals surface area contributed by atoms with Crippen molar-refractivity contribution in [2.45, 2.75) is 77.0 Å². The maximum Gasteiger partial charge on any atom is 0.407 e. The van der Waals surface area contributed by atoms with Gasteiger partial charge in [0.2, 0.25) is 0 Å². The molecule has 0 atom stereocenters. The lowest BCUT2D eigenvalue weighted by Gasteiger charge is -2.22. The second kappa shape index (κ2) is 36.8. The fourth-order valence-electron chi connectivity index (χ4n) is 4.56. The van der Waals surface area contributed by atoms with Gasteiger partial charge in [0.05, 0.1) is 0 Å². The monoisotopic (exact) mass is 826 g/mol. The number of hydrogen-bond acceptors (Lipinski definition) is 14. The molecule has 0 fully saturated rings. The van der Waals surface area contributed by atoms with Crippen LogP contribution >= 0.6 is 0 Å². The van der Waals surface area contributed by atoms with E-state index in [1.54, 1.807) is 0 Å². The van der Waals surface area contributed by atoms with Gasteiger partial charge in [0.1, 0.15) is 39.6 Å². The highest BCUT2D eigenvalue weighted by Crippen LogP contribution is 2.05. The molecule has 5 N–H and O–H groups in total. The molecule has 0 aliphatic carbocycles. The third-order valence-corrected chi connectivity index (χ3v) is 7.55. The van der Waals surface area contributed by atoms with Crippen LogP contribution in [0.4, 0.5) is 24.0 Å². The van der Waals surface area contributed by atoms with Crippen molar-refractivity contribution in [1.29, 1.82) is 0 Å². The number of imide groups is 1. The molecule has 0 aromatic heterocycles. The summed E-state index contributed by atoms with van der Waals surface area (Å²) in [5.41, 5.74) is 0. The van der Waals surface area contributed by atoms with E-state index in [1.807, 2.05) is 0 Å². The van der Waals surface area contributed by atoms with E-state index in [0.29, 0.717) is 77.7 Å². The maximum absolute atomic E-state index is 13.0. The summed E-state index contributed by atoms with van der Waals surface area (Å²) in [6.07, 6.45) is 9.60. The first kappa shape index (κ1) is 52.2. The molecule has 0 bridgehead atoms. The molecule has 0 aliphatic heterocycles. The van der Waals surface area contributed by atoms with Crippen molar-refractivity contribution >= 4 is 48.2 Å². The number of hydrogen-bond donors (Lipinski definition) is 5. The number of nitrogens with one attached hydrogen (secondary N) is 5. The number of nitrogens with zero attached hydrogens (tertiary/aromatic N) is 1. The largest absolute Gasteiger partial charge is 0.459 e. The molecule has 0 aromatic rings. The number of unbranched alkanes of at least 4 members (excludes halogenated alkanes) is 9. The van der Waals surface area contributed by atoms with Crippen LogP contribution in [0.5, 0.6) is 0 Å². The first-order chi connectivity index (χ1) is 28.0. The lowest BCUT2D eigenvalue weighted by Crippen LogP contribution is -2.49. The second-order valence-electron chi connectivity index (χ2n) is 12.2. The maximum atomic E-state index is 13.0. The Bertz CT molecular complexity index is 1210. The molecule has 0 spiro atoms. The van der Waals surface area contributed by atoms with Gasteiger partial charge in [-0.1, -0.05) is 58.3 Å². The Balaban J connectivity index is 4.49. The number of esters is 3. The summed E-state index contributed by atoms with van der Waals surface area (Å²) in [5.74, 6) is -1.81. The topological polar surface area (TPSA) is 255 Å². The van der Waals surface area contributed by atoms with Crippen molar-refractivity contribution in [1.82, 2.24) is 31.5 Å². The number of ether oxygens (including phenoxy) is 6. The Kier molecular flexibility index (Phi) is 33.1. The number of alkyl carbamates (subject to hydrolysis) is 3. The lowest BCUT2D eigenvalue weighted by atomic mass is 10.2. The normalized spacial score (nSPS) is 10.1. The minimum absolute atomic E-state index is 0.0654. The third kappa shape index (κ3) is 32.4. The molecule has 7 amide bonds. The van der Waals surface area contributed by atoms with Gasteiger partial charge in [-0.2, -0.15) is 0 Å². The van der Waals surface area contributed by atoms with E-state index in [4.69, 9.17) is 28.4 Å². The van der Waals surface area contributed by atoms with Crippen LogP contribution < -0.4 is 26.6 Å². The van der Waals surface area contributed by atoms with Gasteiger partial charge in [0, 0.05) is 57.5 Å². The number of carbonyl (C=O) groups is 8. The van der Waals surface area contributed by atoms with Crippen molar-refractivity contribution < 1.29 is 66.8 Å². The second-order valence-corrected chi connectivity index (χ2v) is 12.2. The van der Waals surface area contributed by atoms with Crippen LogP contribution in [0, 0.1) is 0 Å². The molecule has 58 heavy (non-hydrogen) atoms. The minimum Gasteiger partial charge on any atom is -0.459 e. The molecule has 0 unspecified atom stereocenters.